The molecule has 0 radical (unpaired) electrons. The van der Waals surface area contributed by atoms with Gasteiger partial charge in [-0.2, -0.15) is 0 Å². The van der Waals surface area contributed by atoms with Gasteiger partial charge < -0.3 is 9.47 Å². The van der Waals surface area contributed by atoms with E-state index in [1.165, 1.54) is 0 Å². The normalized spacial score (nSPS) is 19.1. The minimum atomic E-state index is -0.461. The molecule has 1 aliphatic heterocycles. The topological polar surface area (TPSA) is 55.8 Å². The van der Waals surface area contributed by atoms with Gasteiger partial charge in [-0.1, -0.05) is 13.8 Å². The second-order valence-corrected chi connectivity index (χ2v) is 3.72. The molecule has 1 atom stereocenters. The standard InChI is InChI=1S/C11H19NO4/c1-3-9(11(14)16-10(13)4-2)12-5-7-15-8-6-12/h9H,3-8H2,1-2H3. The molecule has 16 heavy (non-hydrogen) atoms. The van der Waals surface area contributed by atoms with Gasteiger partial charge in [0.1, 0.15) is 6.04 Å². The number of hydrogen-bond acceptors (Lipinski definition) is 5. The van der Waals surface area contributed by atoms with Crippen LogP contribution in [0.3, 0.4) is 0 Å². The van der Waals surface area contributed by atoms with Gasteiger partial charge in [-0.25, -0.2) is 4.79 Å². The average molecular weight is 229 g/mol. The molecule has 0 spiro atoms. The van der Waals surface area contributed by atoms with Crippen molar-refractivity contribution in [3.05, 3.63) is 0 Å². The van der Waals surface area contributed by atoms with Crippen molar-refractivity contribution in [1.82, 2.24) is 4.90 Å². The van der Waals surface area contributed by atoms with Crippen molar-refractivity contribution in [2.24, 2.45) is 0 Å². The summed E-state index contributed by atoms with van der Waals surface area (Å²) in [5.41, 5.74) is 0. The van der Waals surface area contributed by atoms with Crippen LogP contribution in [-0.4, -0.2) is 49.2 Å². The minimum absolute atomic E-state index is 0.227. The Kier molecular flexibility index (Phi) is 5.42. The molecule has 0 N–H and O–H groups in total. The summed E-state index contributed by atoms with van der Waals surface area (Å²) in [7, 11) is 0. The Balaban J connectivity index is 2.51. The zero-order valence-corrected chi connectivity index (χ0v) is 9.90. The fourth-order valence-corrected chi connectivity index (χ4v) is 1.72. The van der Waals surface area contributed by atoms with E-state index < -0.39 is 11.9 Å². The lowest BCUT2D eigenvalue weighted by molar-refractivity contribution is -0.164. The number of esters is 2. The van der Waals surface area contributed by atoms with Gasteiger partial charge in [0, 0.05) is 19.5 Å². The van der Waals surface area contributed by atoms with Crippen LogP contribution in [0.25, 0.3) is 0 Å². The molecule has 1 aliphatic rings. The highest BCUT2D eigenvalue weighted by molar-refractivity contribution is 5.88. The number of carbonyl (C=O) groups is 2. The van der Waals surface area contributed by atoms with Gasteiger partial charge in [0.25, 0.3) is 0 Å². The first-order valence-electron chi connectivity index (χ1n) is 5.75. The molecule has 5 heteroatoms. The van der Waals surface area contributed by atoms with Crippen LogP contribution in [0.2, 0.25) is 0 Å². The number of rotatable bonds is 4. The van der Waals surface area contributed by atoms with E-state index in [1.54, 1.807) is 6.92 Å². The third-order valence-corrected chi connectivity index (χ3v) is 2.65. The van der Waals surface area contributed by atoms with Crippen molar-refractivity contribution in [3.63, 3.8) is 0 Å². The summed E-state index contributed by atoms with van der Waals surface area (Å²) in [6.45, 7) is 6.28. The van der Waals surface area contributed by atoms with Crippen LogP contribution < -0.4 is 0 Å². The average Bonchev–Trinajstić information content (AvgIpc) is 2.31. The molecule has 0 amide bonds. The largest absolute Gasteiger partial charge is 0.392 e. The molecule has 0 bridgehead atoms. The molecular weight excluding hydrogens is 210 g/mol. The summed E-state index contributed by atoms with van der Waals surface area (Å²) in [6.07, 6.45) is 0.876. The van der Waals surface area contributed by atoms with E-state index in [9.17, 15) is 9.59 Å². The van der Waals surface area contributed by atoms with Gasteiger partial charge in [-0.3, -0.25) is 9.69 Å². The van der Waals surface area contributed by atoms with Crippen molar-refractivity contribution in [2.75, 3.05) is 26.3 Å². The molecule has 0 aromatic carbocycles. The Bertz CT molecular complexity index is 248. The van der Waals surface area contributed by atoms with E-state index in [0.29, 0.717) is 32.7 Å². The SMILES string of the molecule is CCC(=O)OC(=O)C(CC)N1CCOCC1. The molecule has 0 aliphatic carbocycles. The summed E-state index contributed by atoms with van der Waals surface area (Å²) in [5, 5.41) is 0. The fraction of sp³-hybridized carbons (Fsp3) is 0.818. The van der Waals surface area contributed by atoms with Gasteiger partial charge in [0.2, 0.25) is 0 Å². The Morgan fingerprint density at radius 1 is 1.31 bits per heavy atom. The molecule has 0 aromatic heterocycles. The highest BCUT2D eigenvalue weighted by Gasteiger charge is 2.28. The van der Waals surface area contributed by atoms with Crippen LogP contribution in [0.4, 0.5) is 0 Å². The summed E-state index contributed by atoms with van der Waals surface area (Å²) < 4.78 is 9.96. The predicted molar refractivity (Wildman–Crippen MR) is 57.9 cm³/mol. The van der Waals surface area contributed by atoms with E-state index in [1.807, 2.05) is 11.8 Å². The third kappa shape index (κ3) is 3.57. The van der Waals surface area contributed by atoms with Crippen molar-refractivity contribution in [1.29, 1.82) is 0 Å². The summed E-state index contributed by atoms with van der Waals surface area (Å²) >= 11 is 0. The Hall–Kier alpha value is -0.940. The molecule has 5 nitrogen and oxygen atoms in total. The number of hydrogen-bond donors (Lipinski definition) is 0. The van der Waals surface area contributed by atoms with Gasteiger partial charge in [0.15, 0.2) is 0 Å². The molecule has 1 heterocycles. The summed E-state index contributed by atoms with van der Waals surface area (Å²) in [5.74, 6) is -0.895. The van der Waals surface area contributed by atoms with E-state index in [0.717, 1.165) is 0 Å². The maximum absolute atomic E-state index is 11.7. The lowest BCUT2D eigenvalue weighted by atomic mass is 10.2. The van der Waals surface area contributed by atoms with Crippen molar-refractivity contribution in [2.45, 2.75) is 32.7 Å². The van der Waals surface area contributed by atoms with Gasteiger partial charge in [0.05, 0.1) is 13.2 Å². The lowest BCUT2D eigenvalue weighted by Gasteiger charge is -2.31. The summed E-state index contributed by atoms with van der Waals surface area (Å²) in [4.78, 5) is 24.8. The van der Waals surface area contributed by atoms with Gasteiger partial charge in [-0.15, -0.1) is 0 Å². The number of ether oxygens (including phenoxy) is 2. The highest BCUT2D eigenvalue weighted by Crippen LogP contribution is 2.09. The van der Waals surface area contributed by atoms with Crippen molar-refractivity contribution < 1.29 is 19.1 Å². The molecule has 1 saturated heterocycles. The number of nitrogens with zero attached hydrogens (tertiary/aromatic N) is 1. The van der Waals surface area contributed by atoms with Crippen LogP contribution in [0.1, 0.15) is 26.7 Å². The fourth-order valence-electron chi connectivity index (χ4n) is 1.72. The first-order valence-corrected chi connectivity index (χ1v) is 5.75. The smallest absolute Gasteiger partial charge is 0.330 e. The van der Waals surface area contributed by atoms with Crippen LogP contribution in [-0.2, 0) is 19.1 Å². The van der Waals surface area contributed by atoms with Crippen LogP contribution in [0, 0.1) is 0 Å². The maximum atomic E-state index is 11.7. The molecular formula is C11H19NO4. The predicted octanol–water partition coefficient (Wildman–Crippen LogP) is 0.577. The lowest BCUT2D eigenvalue weighted by Crippen LogP contribution is -2.48. The maximum Gasteiger partial charge on any atom is 0.330 e. The Morgan fingerprint density at radius 3 is 2.44 bits per heavy atom. The Morgan fingerprint density at radius 2 is 1.94 bits per heavy atom. The zero-order valence-electron chi connectivity index (χ0n) is 9.90. The molecule has 1 fully saturated rings. The quantitative estimate of drug-likeness (QED) is 0.521. The minimum Gasteiger partial charge on any atom is -0.392 e. The van der Waals surface area contributed by atoms with Crippen molar-refractivity contribution in [3.8, 4) is 0 Å². The second kappa shape index (κ2) is 6.60. The summed E-state index contributed by atoms with van der Waals surface area (Å²) in [6, 6.07) is -0.320. The third-order valence-electron chi connectivity index (χ3n) is 2.65. The van der Waals surface area contributed by atoms with E-state index in [2.05, 4.69) is 0 Å². The van der Waals surface area contributed by atoms with Crippen LogP contribution in [0.15, 0.2) is 0 Å². The van der Waals surface area contributed by atoms with E-state index in [-0.39, 0.29) is 12.5 Å². The van der Waals surface area contributed by atoms with Gasteiger partial charge >= 0.3 is 11.9 Å². The monoisotopic (exact) mass is 229 g/mol. The zero-order chi connectivity index (χ0) is 12.0. The van der Waals surface area contributed by atoms with Crippen molar-refractivity contribution >= 4 is 11.9 Å². The molecule has 1 rings (SSSR count). The molecule has 1 unspecified atom stereocenters. The number of carbonyl (C=O) groups excluding carboxylic acids is 2. The first-order chi connectivity index (χ1) is 7.69. The molecule has 92 valence electrons. The van der Waals surface area contributed by atoms with Crippen LogP contribution in [0.5, 0.6) is 0 Å². The highest BCUT2D eigenvalue weighted by atomic mass is 16.6. The van der Waals surface area contributed by atoms with Crippen LogP contribution >= 0.6 is 0 Å². The van der Waals surface area contributed by atoms with E-state index >= 15 is 0 Å². The number of morpholine rings is 1. The molecule has 0 aromatic rings. The second-order valence-electron chi connectivity index (χ2n) is 3.72. The Labute approximate surface area is 95.7 Å². The molecule has 0 saturated carbocycles. The first kappa shape index (κ1) is 13.1. The van der Waals surface area contributed by atoms with Gasteiger partial charge in [-0.05, 0) is 6.42 Å². The van der Waals surface area contributed by atoms with E-state index in [4.69, 9.17) is 9.47 Å².